The second-order valence-corrected chi connectivity index (χ2v) is 5.43. The fraction of sp³-hybridized carbons (Fsp3) is 0.438. The van der Waals surface area contributed by atoms with Crippen molar-refractivity contribution in [2.75, 3.05) is 6.54 Å². The van der Waals surface area contributed by atoms with Gasteiger partial charge < -0.3 is 20.5 Å². The van der Waals surface area contributed by atoms with E-state index in [0.29, 0.717) is 12.8 Å². The Bertz CT molecular complexity index is 561. The van der Waals surface area contributed by atoms with Gasteiger partial charge in [-0.1, -0.05) is 30.3 Å². The molecule has 0 spiro atoms. The first kappa shape index (κ1) is 16.8. The third kappa shape index (κ3) is 5.28. The van der Waals surface area contributed by atoms with Crippen LogP contribution in [0.1, 0.15) is 24.8 Å². The SMILES string of the molecule is O=C(O)CCNC(=O)[C@@H]1CC[C@@H]1NC(=O)OCc1ccccc1. The minimum absolute atomic E-state index is 0.0931. The molecule has 2 atom stereocenters. The Kier molecular flexibility index (Phi) is 5.96. The van der Waals surface area contributed by atoms with Gasteiger partial charge in [0.2, 0.25) is 5.91 Å². The summed E-state index contributed by atoms with van der Waals surface area (Å²) < 4.78 is 5.12. The van der Waals surface area contributed by atoms with E-state index in [9.17, 15) is 14.4 Å². The number of ether oxygens (including phenoxy) is 1. The predicted molar refractivity (Wildman–Crippen MR) is 81.5 cm³/mol. The summed E-state index contributed by atoms with van der Waals surface area (Å²) in [6.45, 7) is 0.269. The number of aliphatic carboxylic acids is 1. The van der Waals surface area contributed by atoms with Gasteiger partial charge in [0.05, 0.1) is 12.3 Å². The minimum atomic E-state index is -0.960. The van der Waals surface area contributed by atoms with Crippen LogP contribution in [0.4, 0.5) is 4.79 Å². The number of benzene rings is 1. The highest BCUT2D eigenvalue weighted by Crippen LogP contribution is 2.27. The van der Waals surface area contributed by atoms with Crippen molar-refractivity contribution in [3.8, 4) is 0 Å². The zero-order chi connectivity index (χ0) is 16.7. The molecule has 124 valence electrons. The summed E-state index contributed by atoms with van der Waals surface area (Å²) in [5.41, 5.74) is 0.888. The number of carbonyl (C=O) groups excluding carboxylic acids is 2. The molecule has 1 aromatic carbocycles. The maximum Gasteiger partial charge on any atom is 0.407 e. The first-order valence-electron chi connectivity index (χ1n) is 7.53. The molecule has 0 heterocycles. The van der Waals surface area contributed by atoms with Gasteiger partial charge in [0.15, 0.2) is 0 Å². The molecular weight excluding hydrogens is 300 g/mol. The van der Waals surface area contributed by atoms with Gasteiger partial charge in [0.25, 0.3) is 0 Å². The van der Waals surface area contributed by atoms with Crippen LogP contribution in [0.2, 0.25) is 0 Å². The van der Waals surface area contributed by atoms with Crippen LogP contribution in [0.15, 0.2) is 30.3 Å². The van der Waals surface area contributed by atoms with Crippen molar-refractivity contribution < 1.29 is 24.2 Å². The average molecular weight is 320 g/mol. The van der Waals surface area contributed by atoms with Crippen LogP contribution >= 0.6 is 0 Å². The molecular formula is C16H20N2O5. The molecule has 3 N–H and O–H groups in total. The smallest absolute Gasteiger partial charge is 0.407 e. The Morgan fingerprint density at radius 3 is 2.52 bits per heavy atom. The number of alkyl carbamates (subject to hydrolysis) is 1. The second kappa shape index (κ2) is 8.17. The number of nitrogens with one attached hydrogen (secondary N) is 2. The Morgan fingerprint density at radius 1 is 1.17 bits per heavy atom. The van der Waals surface area contributed by atoms with E-state index in [1.807, 2.05) is 30.3 Å². The van der Waals surface area contributed by atoms with Crippen molar-refractivity contribution in [1.29, 1.82) is 0 Å². The van der Waals surface area contributed by atoms with E-state index in [1.54, 1.807) is 0 Å². The zero-order valence-corrected chi connectivity index (χ0v) is 12.7. The molecule has 1 aliphatic carbocycles. The molecule has 1 aliphatic rings. The molecule has 7 heteroatoms. The summed E-state index contributed by atoms with van der Waals surface area (Å²) in [4.78, 5) is 34.0. The highest BCUT2D eigenvalue weighted by atomic mass is 16.5. The van der Waals surface area contributed by atoms with Gasteiger partial charge in [-0.15, -0.1) is 0 Å². The molecule has 0 unspecified atom stereocenters. The van der Waals surface area contributed by atoms with Gasteiger partial charge in [0, 0.05) is 12.6 Å². The monoisotopic (exact) mass is 320 g/mol. The largest absolute Gasteiger partial charge is 0.481 e. The first-order valence-corrected chi connectivity index (χ1v) is 7.53. The lowest BCUT2D eigenvalue weighted by Crippen LogP contribution is -2.53. The van der Waals surface area contributed by atoms with Crippen LogP contribution in [0.3, 0.4) is 0 Å². The zero-order valence-electron chi connectivity index (χ0n) is 12.7. The van der Waals surface area contributed by atoms with Crippen molar-refractivity contribution in [3.05, 3.63) is 35.9 Å². The molecule has 1 aromatic rings. The number of carboxylic acid groups (broad SMARTS) is 1. The molecule has 0 radical (unpaired) electrons. The summed E-state index contributed by atoms with van der Waals surface area (Å²) in [6.07, 6.45) is 0.706. The quantitative estimate of drug-likeness (QED) is 0.702. The summed E-state index contributed by atoms with van der Waals surface area (Å²) in [7, 11) is 0. The number of amides is 2. The van der Waals surface area contributed by atoms with Crippen molar-refractivity contribution in [1.82, 2.24) is 10.6 Å². The highest BCUT2D eigenvalue weighted by molar-refractivity contribution is 5.82. The molecule has 1 fully saturated rings. The van der Waals surface area contributed by atoms with Crippen LogP contribution in [0.25, 0.3) is 0 Å². The summed E-state index contributed by atoms with van der Waals surface area (Å²) in [6, 6.07) is 9.05. The van der Waals surface area contributed by atoms with Crippen LogP contribution in [-0.4, -0.2) is 35.7 Å². The Balaban J connectivity index is 1.69. The molecule has 2 rings (SSSR count). The molecule has 0 aliphatic heterocycles. The van der Waals surface area contributed by atoms with E-state index in [0.717, 1.165) is 5.56 Å². The molecule has 1 saturated carbocycles. The summed E-state index contributed by atoms with van der Waals surface area (Å²) in [5.74, 6) is -1.52. The highest BCUT2D eigenvalue weighted by Gasteiger charge is 2.37. The lowest BCUT2D eigenvalue weighted by atomic mass is 9.79. The van der Waals surface area contributed by atoms with E-state index in [-0.39, 0.29) is 37.4 Å². The van der Waals surface area contributed by atoms with Gasteiger partial charge in [-0.05, 0) is 18.4 Å². The maximum atomic E-state index is 11.9. The number of carbonyl (C=O) groups is 3. The number of hydrogen-bond acceptors (Lipinski definition) is 4. The Hall–Kier alpha value is -2.57. The molecule has 0 saturated heterocycles. The lowest BCUT2D eigenvalue weighted by Gasteiger charge is -2.35. The van der Waals surface area contributed by atoms with E-state index in [4.69, 9.17) is 9.84 Å². The first-order chi connectivity index (χ1) is 11.1. The number of carboxylic acids is 1. The Morgan fingerprint density at radius 2 is 1.91 bits per heavy atom. The van der Waals surface area contributed by atoms with Crippen molar-refractivity contribution in [2.24, 2.45) is 5.92 Å². The van der Waals surface area contributed by atoms with Crippen LogP contribution in [0, 0.1) is 5.92 Å². The minimum Gasteiger partial charge on any atom is -0.481 e. The maximum absolute atomic E-state index is 11.9. The summed E-state index contributed by atoms with van der Waals surface area (Å²) in [5, 5.41) is 13.8. The lowest BCUT2D eigenvalue weighted by molar-refractivity contribution is -0.137. The number of hydrogen-bond donors (Lipinski definition) is 3. The standard InChI is InChI=1S/C16H20N2O5/c19-14(20)8-9-17-15(21)12-6-7-13(12)18-16(22)23-10-11-4-2-1-3-5-11/h1-5,12-13H,6-10H2,(H,17,21)(H,18,22)(H,19,20)/t12-,13+/m1/s1. The Labute approximate surface area is 134 Å². The van der Waals surface area contributed by atoms with Crippen molar-refractivity contribution in [2.45, 2.75) is 31.9 Å². The third-order valence-electron chi connectivity index (χ3n) is 3.77. The van der Waals surface area contributed by atoms with Crippen LogP contribution < -0.4 is 10.6 Å². The molecule has 2 amide bonds. The molecule has 0 aromatic heterocycles. The van der Waals surface area contributed by atoms with E-state index in [1.165, 1.54) is 0 Å². The normalized spacial score (nSPS) is 19.3. The second-order valence-electron chi connectivity index (χ2n) is 5.43. The van der Waals surface area contributed by atoms with E-state index >= 15 is 0 Å². The average Bonchev–Trinajstić information content (AvgIpc) is 2.50. The van der Waals surface area contributed by atoms with Crippen molar-refractivity contribution >= 4 is 18.0 Å². The predicted octanol–water partition coefficient (Wildman–Crippen LogP) is 1.28. The van der Waals surface area contributed by atoms with Gasteiger partial charge >= 0.3 is 12.1 Å². The van der Waals surface area contributed by atoms with Gasteiger partial charge in [-0.25, -0.2) is 4.79 Å². The summed E-state index contributed by atoms with van der Waals surface area (Å²) >= 11 is 0. The van der Waals surface area contributed by atoms with Gasteiger partial charge in [-0.3, -0.25) is 9.59 Å². The van der Waals surface area contributed by atoms with Gasteiger partial charge in [0.1, 0.15) is 6.61 Å². The van der Waals surface area contributed by atoms with E-state index in [2.05, 4.69) is 10.6 Å². The van der Waals surface area contributed by atoms with Crippen molar-refractivity contribution in [3.63, 3.8) is 0 Å². The van der Waals surface area contributed by atoms with Gasteiger partial charge in [-0.2, -0.15) is 0 Å². The topological polar surface area (TPSA) is 105 Å². The van der Waals surface area contributed by atoms with Crippen LogP contribution in [-0.2, 0) is 20.9 Å². The molecule has 23 heavy (non-hydrogen) atoms. The molecule has 7 nitrogen and oxygen atoms in total. The molecule has 0 bridgehead atoms. The van der Waals surface area contributed by atoms with Crippen LogP contribution in [0.5, 0.6) is 0 Å². The third-order valence-corrected chi connectivity index (χ3v) is 3.77. The number of rotatable bonds is 7. The van der Waals surface area contributed by atoms with E-state index < -0.39 is 12.1 Å². The fourth-order valence-electron chi connectivity index (χ4n) is 2.33. The fourth-order valence-corrected chi connectivity index (χ4v) is 2.33.